The van der Waals surface area contributed by atoms with E-state index >= 15 is 0 Å². The van der Waals surface area contributed by atoms with Crippen LogP contribution in [0.2, 0.25) is 0 Å². The van der Waals surface area contributed by atoms with Gasteiger partial charge in [-0.15, -0.1) is 0 Å². The molecule has 128 valence electrons. The topological polar surface area (TPSA) is 95.5 Å². The lowest BCUT2D eigenvalue weighted by atomic mass is 10.0. The summed E-state index contributed by atoms with van der Waals surface area (Å²) in [6, 6.07) is 5.44. The molecule has 2 amide bonds. The first-order valence-corrected chi connectivity index (χ1v) is 8.39. The third-order valence-corrected chi connectivity index (χ3v) is 4.86. The molecule has 0 radical (unpaired) electrons. The molecule has 0 aromatic heterocycles. The largest absolute Gasteiger partial charge is 0.481 e. The molecule has 6 heteroatoms. The Morgan fingerprint density at radius 3 is 2.21 bits per heavy atom. The number of amides is 2. The molecule has 6 nitrogen and oxygen atoms in total. The highest BCUT2D eigenvalue weighted by atomic mass is 16.4. The highest BCUT2D eigenvalue weighted by molar-refractivity contribution is 5.97. The van der Waals surface area contributed by atoms with E-state index < -0.39 is 11.9 Å². The van der Waals surface area contributed by atoms with Gasteiger partial charge in [0, 0.05) is 23.2 Å². The second-order valence-electron chi connectivity index (χ2n) is 6.83. The number of rotatable bonds is 5. The number of anilines is 2. The first kappa shape index (κ1) is 16.5. The highest BCUT2D eigenvalue weighted by Crippen LogP contribution is 2.33. The Kier molecular flexibility index (Phi) is 4.55. The van der Waals surface area contributed by atoms with E-state index in [-0.39, 0.29) is 23.7 Å². The van der Waals surface area contributed by atoms with Crippen LogP contribution < -0.4 is 10.6 Å². The molecular formula is C18H22N2O4. The number of hydrogen-bond donors (Lipinski definition) is 3. The normalized spacial score (nSPS) is 22.9. The van der Waals surface area contributed by atoms with Crippen LogP contribution in [0.5, 0.6) is 0 Å². The van der Waals surface area contributed by atoms with E-state index in [1.807, 2.05) is 19.1 Å². The van der Waals surface area contributed by atoms with Crippen molar-refractivity contribution in [1.29, 1.82) is 0 Å². The molecule has 0 spiro atoms. The molecule has 0 bridgehead atoms. The van der Waals surface area contributed by atoms with E-state index in [0.29, 0.717) is 30.6 Å². The number of nitrogens with one attached hydrogen (secondary N) is 2. The second-order valence-corrected chi connectivity index (χ2v) is 6.83. The Hall–Kier alpha value is -2.37. The van der Waals surface area contributed by atoms with Crippen molar-refractivity contribution >= 4 is 29.2 Å². The summed E-state index contributed by atoms with van der Waals surface area (Å²) >= 11 is 0. The zero-order valence-corrected chi connectivity index (χ0v) is 13.7. The number of carboxylic acid groups (broad SMARTS) is 1. The van der Waals surface area contributed by atoms with Crippen LogP contribution in [0.3, 0.4) is 0 Å². The van der Waals surface area contributed by atoms with Gasteiger partial charge in [0.15, 0.2) is 0 Å². The fourth-order valence-electron chi connectivity index (χ4n) is 3.10. The van der Waals surface area contributed by atoms with Crippen LogP contribution in [0.1, 0.15) is 37.7 Å². The van der Waals surface area contributed by atoms with Crippen molar-refractivity contribution in [2.45, 2.75) is 39.0 Å². The molecule has 2 aliphatic carbocycles. The van der Waals surface area contributed by atoms with E-state index in [4.69, 9.17) is 5.11 Å². The van der Waals surface area contributed by atoms with Gasteiger partial charge in [0.05, 0.1) is 5.92 Å². The summed E-state index contributed by atoms with van der Waals surface area (Å²) in [4.78, 5) is 35.3. The van der Waals surface area contributed by atoms with Crippen molar-refractivity contribution < 1.29 is 19.5 Å². The number of benzene rings is 1. The quantitative estimate of drug-likeness (QED) is 0.773. The van der Waals surface area contributed by atoms with Crippen LogP contribution in [0.15, 0.2) is 18.2 Å². The van der Waals surface area contributed by atoms with Gasteiger partial charge in [-0.3, -0.25) is 14.4 Å². The number of carbonyl (C=O) groups is 3. The number of aliphatic carboxylic acids is 1. The smallest absolute Gasteiger partial charge is 0.306 e. The van der Waals surface area contributed by atoms with Crippen LogP contribution in [0.25, 0.3) is 0 Å². The van der Waals surface area contributed by atoms with Crippen LogP contribution in [0.4, 0.5) is 11.4 Å². The number of aryl methyl sites for hydroxylation is 1. The Bertz CT molecular complexity index is 682. The van der Waals surface area contributed by atoms with Gasteiger partial charge in [-0.25, -0.2) is 0 Å². The van der Waals surface area contributed by atoms with Crippen molar-refractivity contribution in [3.63, 3.8) is 0 Å². The third kappa shape index (κ3) is 3.75. The molecule has 2 atom stereocenters. The van der Waals surface area contributed by atoms with Gasteiger partial charge in [0.2, 0.25) is 11.8 Å². The molecule has 3 N–H and O–H groups in total. The first-order chi connectivity index (χ1) is 11.4. The zero-order valence-electron chi connectivity index (χ0n) is 13.7. The molecule has 3 rings (SSSR count). The number of hydrogen-bond acceptors (Lipinski definition) is 3. The summed E-state index contributed by atoms with van der Waals surface area (Å²) in [5.41, 5.74) is 2.23. The summed E-state index contributed by atoms with van der Waals surface area (Å²) in [7, 11) is 0. The van der Waals surface area contributed by atoms with Crippen molar-refractivity contribution in [3.8, 4) is 0 Å². The monoisotopic (exact) mass is 330 g/mol. The molecular weight excluding hydrogens is 308 g/mol. The molecule has 1 aromatic carbocycles. The van der Waals surface area contributed by atoms with Crippen LogP contribution in [-0.2, 0) is 14.4 Å². The molecule has 2 saturated carbocycles. The fraction of sp³-hybridized carbons (Fsp3) is 0.500. The maximum Gasteiger partial charge on any atom is 0.306 e. The van der Waals surface area contributed by atoms with Gasteiger partial charge >= 0.3 is 5.97 Å². The summed E-state index contributed by atoms with van der Waals surface area (Å²) in [6.07, 6.45) is 3.41. The predicted octanol–water partition coefficient (Wildman–Crippen LogP) is 2.78. The van der Waals surface area contributed by atoms with Gasteiger partial charge < -0.3 is 15.7 Å². The van der Waals surface area contributed by atoms with Gasteiger partial charge in [-0.1, -0.05) is 6.07 Å². The van der Waals surface area contributed by atoms with Crippen LogP contribution >= 0.6 is 0 Å². The minimum atomic E-state index is -0.828. The van der Waals surface area contributed by atoms with Gasteiger partial charge in [-0.05, 0) is 56.7 Å². The van der Waals surface area contributed by atoms with Gasteiger partial charge in [0.1, 0.15) is 0 Å². The SMILES string of the molecule is Cc1ccc(NC(=O)C2CC2)cc1NC(=O)[C@@H]1CC[C@H](C(=O)O)C1. The van der Waals surface area contributed by atoms with Crippen molar-refractivity contribution in [3.05, 3.63) is 23.8 Å². The Balaban J connectivity index is 1.64. The summed E-state index contributed by atoms with van der Waals surface area (Å²) in [5, 5.41) is 14.8. The molecule has 2 fully saturated rings. The lowest BCUT2D eigenvalue weighted by Gasteiger charge is -2.14. The lowest BCUT2D eigenvalue weighted by Crippen LogP contribution is -2.22. The number of carboxylic acids is 1. The Morgan fingerprint density at radius 2 is 1.58 bits per heavy atom. The van der Waals surface area contributed by atoms with E-state index in [1.165, 1.54) is 0 Å². The van der Waals surface area contributed by atoms with Crippen molar-refractivity contribution in [2.75, 3.05) is 10.6 Å². The zero-order chi connectivity index (χ0) is 17.3. The maximum absolute atomic E-state index is 12.4. The predicted molar refractivity (Wildman–Crippen MR) is 89.6 cm³/mol. The standard InChI is InChI=1S/C18H22N2O4/c1-10-2-7-14(19-16(21)11-3-4-11)9-15(10)20-17(22)12-5-6-13(8-12)18(23)24/h2,7,9,11-13H,3-6,8H2,1H3,(H,19,21)(H,20,22)(H,23,24)/t12-,13+/m1/s1. The Morgan fingerprint density at radius 1 is 0.958 bits per heavy atom. The molecule has 0 saturated heterocycles. The lowest BCUT2D eigenvalue weighted by molar-refractivity contribution is -0.141. The maximum atomic E-state index is 12.4. The molecule has 1 aromatic rings. The molecule has 0 heterocycles. The van der Waals surface area contributed by atoms with E-state index in [9.17, 15) is 14.4 Å². The fourth-order valence-corrected chi connectivity index (χ4v) is 3.10. The minimum absolute atomic E-state index is 0.0243. The van der Waals surface area contributed by atoms with Gasteiger partial charge in [-0.2, -0.15) is 0 Å². The first-order valence-electron chi connectivity index (χ1n) is 8.39. The molecule has 24 heavy (non-hydrogen) atoms. The highest BCUT2D eigenvalue weighted by Gasteiger charge is 2.34. The molecule has 0 aliphatic heterocycles. The van der Waals surface area contributed by atoms with Crippen LogP contribution in [-0.4, -0.2) is 22.9 Å². The minimum Gasteiger partial charge on any atom is -0.481 e. The van der Waals surface area contributed by atoms with Crippen molar-refractivity contribution in [1.82, 2.24) is 0 Å². The average Bonchev–Trinajstić information content (AvgIpc) is 3.27. The van der Waals surface area contributed by atoms with E-state index in [2.05, 4.69) is 10.6 Å². The third-order valence-electron chi connectivity index (χ3n) is 4.86. The second kappa shape index (κ2) is 6.63. The van der Waals surface area contributed by atoms with E-state index in [0.717, 1.165) is 18.4 Å². The summed E-state index contributed by atoms with van der Waals surface area (Å²) < 4.78 is 0. The number of carbonyl (C=O) groups excluding carboxylic acids is 2. The van der Waals surface area contributed by atoms with Crippen LogP contribution in [0, 0.1) is 24.7 Å². The van der Waals surface area contributed by atoms with Gasteiger partial charge in [0.25, 0.3) is 0 Å². The summed E-state index contributed by atoms with van der Waals surface area (Å²) in [5.74, 6) is -1.52. The van der Waals surface area contributed by atoms with Crippen molar-refractivity contribution in [2.24, 2.45) is 17.8 Å². The molecule has 0 unspecified atom stereocenters. The van der Waals surface area contributed by atoms with E-state index in [1.54, 1.807) is 6.07 Å². The Labute approximate surface area is 140 Å². The molecule has 2 aliphatic rings. The summed E-state index contributed by atoms with van der Waals surface area (Å²) in [6.45, 7) is 1.89. The average molecular weight is 330 g/mol.